The fourth-order valence-electron chi connectivity index (χ4n) is 3.65. The smallest absolute Gasteiger partial charge is 0.395 e. The molecule has 2 N–H and O–H groups in total. The summed E-state index contributed by atoms with van der Waals surface area (Å²) in [7, 11) is 0. The molecule has 0 aliphatic heterocycles. The summed E-state index contributed by atoms with van der Waals surface area (Å²) in [5, 5.41) is 25.1. The predicted molar refractivity (Wildman–Crippen MR) is 109 cm³/mol. The highest BCUT2D eigenvalue weighted by molar-refractivity contribution is 5.94. The topological polar surface area (TPSA) is 91.5 Å². The Morgan fingerprint density at radius 3 is 2.35 bits per heavy atom. The molecule has 0 unspecified atom stereocenters. The first kappa shape index (κ1) is 25.2. The van der Waals surface area contributed by atoms with Gasteiger partial charge in [0.25, 0.3) is 5.91 Å². The van der Waals surface area contributed by atoms with E-state index in [1.54, 1.807) is 0 Å². The average Bonchev–Trinajstić information content (AvgIpc) is 3.28. The minimum atomic E-state index is -4.60. The summed E-state index contributed by atoms with van der Waals surface area (Å²) >= 11 is 0. The van der Waals surface area contributed by atoms with Crippen molar-refractivity contribution in [3.05, 3.63) is 83.4 Å². The Labute approximate surface area is 191 Å². The summed E-state index contributed by atoms with van der Waals surface area (Å²) in [5.41, 5.74) is -3.64. The number of nitrogens with zero attached hydrogens (tertiary/aromatic N) is 4. The zero-order valence-corrected chi connectivity index (χ0v) is 17.9. The van der Waals surface area contributed by atoms with Crippen LogP contribution in [0.2, 0.25) is 0 Å². The van der Waals surface area contributed by atoms with Gasteiger partial charge >= 0.3 is 6.18 Å². The summed E-state index contributed by atoms with van der Waals surface area (Å²) in [5.74, 6) is -2.78. The van der Waals surface area contributed by atoms with E-state index in [4.69, 9.17) is 0 Å². The van der Waals surface area contributed by atoms with Gasteiger partial charge in [-0.2, -0.15) is 18.3 Å². The van der Waals surface area contributed by atoms with Crippen LogP contribution in [0.5, 0.6) is 0 Å². The minimum Gasteiger partial charge on any atom is -0.395 e. The summed E-state index contributed by atoms with van der Waals surface area (Å²) in [4.78, 5) is 18.0. The first-order chi connectivity index (χ1) is 16.0. The number of hydrogen-bond donors (Lipinski definition) is 2. The zero-order chi connectivity index (χ0) is 25.1. The van der Waals surface area contributed by atoms with Crippen LogP contribution < -0.4 is 0 Å². The van der Waals surface area contributed by atoms with Crippen LogP contribution in [0.15, 0.2) is 55.1 Å². The molecule has 0 aliphatic rings. The Bertz CT molecular complexity index is 1120. The quantitative estimate of drug-likeness (QED) is 0.480. The average molecular weight is 484 g/mol. The Morgan fingerprint density at radius 1 is 1.15 bits per heavy atom. The molecule has 7 nitrogen and oxygen atoms in total. The molecule has 0 aliphatic carbocycles. The van der Waals surface area contributed by atoms with Gasteiger partial charge in [-0.05, 0) is 37.3 Å². The van der Waals surface area contributed by atoms with Crippen molar-refractivity contribution in [2.24, 2.45) is 0 Å². The van der Waals surface area contributed by atoms with Crippen molar-refractivity contribution >= 4 is 5.91 Å². The third-order valence-electron chi connectivity index (χ3n) is 5.49. The van der Waals surface area contributed by atoms with Crippen molar-refractivity contribution in [2.75, 3.05) is 13.2 Å². The number of aromatic nitrogens is 3. The Kier molecular flexibility index (Phi) is 7.32. The van der Waals surface area contributed by atoms with Gasteiger partial charge in [-0.15, -0.1) is 0 Å². The second-order valence-corrected chi connectivity index (χ2v) is 7.61. The Morgan fingerprint density at radius 2 is 1.82 bits per heavy atom. The lowest BCUT2D eigenvalue weighted by molar-refractivity contribution is -0.137. The molecule has 0 bridgehead atoms. The third-order valence-corrected chi connectivity index (χ3v) is 5.49. The van der Waals surface area contributed by atoms with Crippen molar-refractivity contribution < 1.29 is 37.0 Å². The number of carbonyl (C=O) groups is 1. The van der Waals surface area contributed by atoms with Crippen LogP contribution >= 0.6 is 0 Å². The number of halogens is 5. The first-order valence-corrected chi connectivity index (χ1v) is 10.1. The molecule has 1 aromatic heterocycles. The molecular formula is C22H21F5N4O3. The fourth-order valence-corrected chi connectivity index (χ4v) is 3.65. The number of aliphatic hydroxyl groups is 2. The van der Waals surface area contributed by atoms with Crippen LogP contribution in [0.1, 0.15) is 28.4 Å². The standard InChI is InChI=1S/C22H21F5N4O3/c1-14(31(8-9-32)20(33)15-2-4-16(5-3-15)22(25,26)27)21(34,11-30-13-28-12-29-30)18-7-6-17(23)10-19(18)24/h2-7,10,12-14,32,34H,8-9,11H2,1H3/t14-,21-/m1/s1. The Hall–Kier alpha value is -3.38. The molecule has 0 saturated heterocycles. The largest absolute Gasteiger partial charge is 0.416 e. The number of alkyl halides is 3. The van der Waals surface area contributed by atoms with Gasteiger partial charge in [-0.25, -0.2) is 18.4 Å². The normalized spacial score (nSPS) is 14.5. The van der Waals surface area contributed by atoms with E-state index in [0.29, 0.717) is 6.07 Å². The van der Waals surface area contributed by atoms with Crippen LogP contribution in [0.4, 0.5) is 22.0 Å². The first-order valence-electron chi connectivity index (χ1n) is 10.1. The number of carbonyl (C=O) groups excluding carboxylic acids is 1. The van der Waals surface area contributed by atoms with Crippen LogP contribution in [-0.4, -0.2) is 55.0 Å². The number of aliphatic hydroxyl groups excluding tert-OH is 1. The molecule has 182 valence electrons. The molecule has 2 aromatic carbocycles. The lowest BCUT2D eigenvalue weighted by Gasteiger charge is -2.41. The maximum Gasteiger partial charge on any atom is 0.416 e. The summed E-state index contributed by atoms with van der Waals surface area (Å²) < 4.78 is 68.1. The van der Waals surface area contributed by atoms with E-state index >= 15 is 0 Å². The number of benzene rings is 2. The van der Waals surface area contributed by atoms with Crippen molar-refractivity contribution in [3.8, 4) is 0 Å². The van der Waals surface area contributed by atoms with Gasteiger partial charge in [-0.3, -0.25) is 4.79 Å². The SMILES string of the molecule is C[C@@H](N(CCO)C(=O)c1ccc(C(F)(F)F)cc1)[C@](O)(Cn1cncn1)c1ccc(F)cc1F. The lowest BCUT2D eigenvalue weighted by Crippen LogP contribution is -2.54. The molecule has 12 heteroatoms. The Balaban J connectivity index is 2.03. The van der Waals surface area contributed by atoms with E-state index in [-0.39, 0.29) is 17.7 Å². The van der Waals surface area contributed by atoms with Gasteiger partial charge in [0, 0.05) is 23.7 Å². The maximum absolute atomic E-state index is 14.8. The molecule has 1 heterocycles. The van der Waals surface area contributed by atoms with Gasteiger partial charge in [0.1, 0.15) is 29.9 Å². The van der Waals surface area contributed by atoms with Crippen molar-refractivity contribution in [3.63, 3.8) is 0 Å². The van der Waals surface area contributed by atoms with Gasteiger partial charge in [0.05, 0.1) is 24.8 Å². The van der Waals surface area contributed by atoms with Crippen LogP contribution in [0.3, 0.4) is 0 Å². The van der Waals surface area contributed by atoms with Crippen molar-refractivity contribution in [1.29, 1.82) is 0 Å². The molecule has 3 aromatic rings. The monoisotopic (exact) mass is 484 g/mol. The molecule has 34 heavy (non-hydrogen) atoms. The number of amides is 1. The summed E-state index contributed by atoms with van der Waals surface area (Å²) in [6, 6.07) is 4.69. The van der Waals surface area contributed by atoms with Crippen molar-refractivity contribution in [1.82, 2.24) is 19.7 Å². The molecule has 0 saturated carbocycles. The maximum atomic E-state index is 14.8. The van der Waals surface area contributed by atoms with Gasteiger partial charge in [0.2, 0.25) is 0 Å². The second kappa shape index (κ2) is 9.85. The summed E-state index contributed by atoms with van der Waals surface area (Å²) in [6.45, 7) is 0.0852. The highest BCUT2D eigenvalue weighted by atomic mass is 19.4. The van der Waals surface area contributed by atoms with Gasteiger partial charge < -0.3 is 15.1 Å². The van der Waals surface area contributed by atoms with E-state index in [1.807, 2.05) is 0 Å². The number of rotatable bonds is 8. The van der Waals surface area contributed by atoms with E-state index < -0.39 is 54.1 Å². The lowest BCUT2D eigenvalue weighted by atomic mass is 9.85. The molecule has 2 atom stereocenters. The van der Waals surface area contributed by atoms with Gasteiger partial charge in [0.15, 0.2) is 0 Å². The van der Waals surface area contributed by atoms with E-state index in [1.165, 1.54) is 24.3 Å². The fraction of sp³-hybridized carbons (Fsp3) is 0.318. The highest BCUT2D eigenvalue weighted by Crippen LogP contribution is 2.34. The highest BCUT2D eigenvalue weighted by Gasteiger charge is 2.43. The molecule has 0 radical (unpaired) electrons. The van der Waals surface area contributed by atoms with Crippen LogP contribution in [0, 0.1) is 11.6 Å². The van der Waals surface area contributed by atoms with Crippen LogP contribution in [0.25, 0.3) is 0 Å². The summed E-state index contributed by atoms with van der Waals surface area (Å²) in [6.07, 6.45) is -2.18. The number of hydrogen-bond acceptors (Lipinski definition) is 5. The zero-order valence-electron chi connectivity index (χ0n) is 17.9. The molecule has 0 fully saturated rings. The second-order valence-electron chi connectivity index (χ2n) is 7.61. The molecule has 1 amide bonds. The minimum absolute atomic E-state index is 0.143. The van der Waals surface area contributed by atoms with E-state index in [0.717, 1.165) is 41.3 Å². The predicted octanol–water partition coefficient (Wildman–Crippen LogP) is 2.99. The molecule has 0 spiro atoms. The van der Waals surface area contributed by atoms with E-state index in [2.05, 4.69) is 10.1 Å². The van der Waals surface area contributed by atoms with Crippen LogP contribution in [-0.2, 0) is 18.3 Å². The third kappa shape index (κ3) is 5.23. The van der Waals surface area contributed by atoms with Crippen molar-refractivity contribution in [2.45, 2.75) is 31.3 Å². The molecular weight excluding hydrogens is 463 g/mol. The van der Waals surface area contributed by atoms with E-state index in [9.17, 15) is 37.0 Å². The van der Waals surface area contributed by atoms with Gasteiger partial charge in [-0.1, -0.05) is 6.07 Å². The molecule has 3 rings (SSSR count).